The molecular formula is C17H18ClNO. The van der Waals surface area contributed by atoms with Gasteiger partial charge in [0.2, 0.25) is 0 Å². The number of ether oxygens (including phenoxy) is 1. The maximum Gasteiger partial charge on any atom is 0.137 e. The Morgan fingerprint density at radius 1 is 0.950 bits per heavy atom. The maximum absolute atomic E-state index is 6.28. The zero-order valence-electron chi connectivity index (χ0n) is 11.7. The third-order valence-electron chi connectivity index (χ3n) is 4.01. The minimum absolute atomic E-state index is 0.0209. The molecule has 1 aliphatic heterocycles. The largest absolute Gasteiger partial charge is 0.349 e. The maximum atomic E-state index is 6.28. The first-order chi connectivity index (χ1) is 9.66. The summed E-state index contributed by atoms with van der Waals surface area (Å²) >= 11 is 5.95. The molecule has 0 N–H and O–H groups in total. The molecule has 3 rings (SSSR count). The molecule has 20 heavy (non-hydrogen) atoms. The predicted molar refractivity (Wildman–Crippen MR) is 81.7 cm³/mol. The molecule has 1 aliphatic rings. The lowest BCUT2D eigenvalue weighted by Crippen LogP contribution is -2.27. The van der Waals surface area contributed by atoms with Gasteiger partial charge >= 0.3 is 0 Å². The van der Waals surface area contributed by atoms with Crippen LogP contribution in [0.15, 0.2) is 54.6 Å². The zero-order chi connectivity index (χ0) is 14.1. The second-order valence-electron chi connectivity index (χ2n) is 5.28. The van der Waals surface area contributed by atoms with Crippen molar-refractivity contribution < 1.29 is 4.74 Å². The Bertz CT molecular complexity index is 569. The van der Waals surface area contributed by atoms with E-state index in [1.165, 1.54) is 5.56 Å². The monoisotopic (exact) mass is 287 g/mol. The Balaban J connectivity index is 1.87. The summed E-state index contributed by atoms with van der Waals surface area (Å²) in [5, 5.41) is 0.752. The van der Waals surface area contributed by atoms with Gasteiger partial charge in [0, 0.05) is 11.1 Å². The molecule has 2 nitrogen and oxygen atoms in total. The Hall–Kier alpha value is -1.35. The summed E-state index contributed by atoms with van der Waals surface area (Å²) in [7, 11) is 2.10. The highest BCUT2D eigenvalue weighted by molar-refractivity contribution is 6.30. The zero-order valence-corrected chi connectivity index (χ0v) is 12.4. The van der Waals surface area contributed by atoms with Crippen LogP contribution in [-0.4, -0.2) is 18.0 Å². The van der Waals surface area contributed by atoms with Crippen LogP contribution in [0.5, 0.6) is 0 Å². The van der Waals surface area contributed by atoms with Crippen LogP contribution < -0.4 is 0 Å². The molecule has 0 aliphatic carbocycles. The van der Waals surface area contributed by atoms with E-state index in [1.54, 1.807) is 0 Å². The molecular weight excluding hydrogens is 270 g/mol. The molecule has 1 saturated heterocycles. The van der Waals surface area contributed by atoms with Gasteiger partial charge in [-0.1, -0.05) is 54.1 Å². The molecule has 0 aromatic heterocycles. The average molecular weight is 288 g/mol. The van der Waals surface area contributed by atoms with Crippen molar-refractivity contribution in [1.29, 1.82) is 0 Å². The fraction of sp³-hybridized carbons (Fsp3) is 0.294. The lowest BCUT2D eigenvalue weighted by Gasteiger charge is -2.21. The number of nitrogens with zero attached hydrogens (tertiary/aromatic N) is 1. The van der Waals surface area contributed by atoms with Crippen molar-refractivity contribution in [2.24, 2.45) is 0 Å². The van der Waals surface area contributed by atoms with Gasteiger partial charge in [-0.05, 0) is 37.2 Å². The van der Waals surface area contributed by atoms with Crippen LogP contribution in [0, 0.1) is 0 Å². The lowest BCUT2D eigenvalue weighted by molar-refractivity contribution is 0.00560. The van der Waals surface area contributed by atoms with Crippen LogP contribution in [0.4, 0.5) is 0 Å². The minimum atomic E-state index is -0.0209. The highest BCUT2D eigenvalue weighted by Crippen LogP contribution is 2.41. The van der Waals surface area contributed by atoms with E-state index in [1.807, 2.05) is 30.3 Å². The molecule has 0 bridgehead atoms. The number of likely N-dealkylation sites (N-methyl/N-ethyl adjacent to an activating group) is 1. The molecule has 104 valence electrons. The number of halogens is 1. The van der Waals surface area contributed by atoms with E-state index in [0.717, 1.165) is 10.6 Å². The van der Waals surface area contributed by atoms with Gasteiger partial charge in [-0.2, -0.15) is 0 Å². The summed E-state index contributed by atoms with van der Waals surface area (Å²) in [5.74, 6) is 0. The Labute approximate surface area is 124 Å². The van der Waals surface area contributed by atoms with Crippen LogP contribution in [0.25, 0.3) is 0 Å². The molecule has 3 heteroatoms. The van der Waals surface area contributed by atoms with E-state index in [4.69, 9.17) is 16.3 Å². The van der Waals surface area contributed by atoms with Crippen LogP contribution >= 0.6 is 11.6 Å². The third kappa shape index (κ3) is 2.47. The van der Waals surface area contributed by atoms with Gasteiger partial charge in [0.15, 0.2) is 0 Å². The first-order valence-corrected chi connectivity index (χ1v) is 7.22. The van der Waals surface area contributed by atoms with Crippen LogP contribution in [-0.2, 0) is 4.74 Å². The quantitative estimate of drug-likeness (QED) is 0.810. The summed E-state index contributed by atoms with van der Waals surface area (Å²) in [6, 6.07) is 18.6. The molecule has 1 heterocycles. The van der Waals surface area contributed by atoms with E-state index < -0.39 is 0 Å². The standard InChI is InChI=1S/C17H18ClNO/c1-12-16(13-6-4-3-5-7-13)20-17(19(12)2)14-8-10-15(18)11-9-14/h3-12,16-17H,1-2H3/t12-,16+,17-/m1/s1. The number of benzene rings is 2. The fourth-order valence-electron chi connectivity index (χ4n) is 2.72. The first kappa shape index (κ1) is 13.6. The first-order valence-electron chi connectivity index (χ1n) is 6.84. The highest BCUT2D eigenvalue weighted by atomic mass is 35.5. The number of hydrogen-bond donors (Lipinski definition) is 0. The van der Waals surface area contributed by atoms with E-state index in [-0.39, 0.29) is 12.3 Å². The summed E-state index contributed by atoms with van der Waals surface area (Å²) < 4.78 is 6.28. The second kappa shape index (κ2) is 5.57. The van der Waals surface area contributed by atoms with Gasteiger partial charge in [0.1, 0.15) is 12.3 Å². The molecule has 0 unspecified atom stereocenters. The molecule has 0 amide bonds. The van der Waals surface area contributed by atoms with Crippen molar-refractivity contribution in [2.45, 2.75) is 25.3 Å². The van der Waals surface area contributed by atoms with E-state index >= 15 is 0 Å². The molecule has 1 fully saturated rings. The van der Waals surface area contributed by atoms with Crippen molar-refractivity contribution in [2.75, 3.05) is 7.05 Å². The van der Waals surface area contributed by atoms with Crippen molar-refractivity contribution in [3.05, 3.63) is 70.7 Å². The van der Waals surface area contributed by atoms with E-state index in [9.17, 15) is 0 Å². The van der Waals surface area contributed by atoms with Crippen molar-refractivity contribution in [1.82, 2.24) is 4.90 Å². The summed E-state index contributed by atoms with van der Waals surface area (Å²) in [4.78, 5) is 2.26. The number of rotatable bonds is 2. The van der Waals surface area contributed by atoms with Crippen LogP contribution in [0.2, 0.25) is 5.02 Å². The van der Waals surface area contributed by atoms with Gasteiger partial charge in [-0.3, -0.25) is 4.90 Å². The smallest absolute Gasteiger partial charge is 0.137 e. The molecule has 0 saturated carbocycles. The molecule has 0 radical (unpaired) electrons. The van der Waals surface area contributed by atoms with Crippen molar-refractivity contribution in [3.8, 4) is 0 Å². The molecule has 2 aromatic rings. The molecule has 0 spiro atoms. The Morgan fingerprint density at radius 3 is 2.25 bits per heavy atom. The normalized spacial score (nSPS) is 26.9. The van der Waals surface area contributed by atoms with Gasteiger partial charge < -0.3 is 4.74 Å². The Morgan fingerprint density at radius 2 is 1.60 bits per heavy atom. The molecule has 3 atom stereocenters. The second-order valence-corrected chi connectivity index (χ2v) is 5.71. The lowest BCUT2D eigenvalue weighted by atomic mass is 10.0. The van der Waals surface area contributed by atoms with Gasteiger partial charge in [0.25, 0.3) is 0 Å². The van der Waals surface area contributed by atoms with Gasteiger partial charge in [-0.25, -0.2) is 0 Å². The summed E-state index contributed by atoms with van der Waals surface area (Å²) in [6.07, 6.45) is 0.0781. The summed E-state index contributed by atoms with van der Waals surface area (Å²) in [5.41, 5.74) is 2.37. The SMILES string of the molecule is C[C@@H]1[C@@H](c2ccccc2)O[C@H](c2ccc(Cl)cc2)N1C. The van der Waals surface area contributed by atoms with Gasteiger partial charge in [0.05, 0.1) is 0 Å². The van der Waals surface area contributed by atoms with Crippen LogP contribution in [0.1, 0.15) is 30.4 Å². The third-order valence-corrected chi connectivity index (χ3v) is 4.26. The van der Waals surface area contributed by atoms with Gasteiger partial charge in [-0.15, -0.1) is 0 Å². The predicted octanol–water partition coefficient (Wildman–Crippen LogP) is 4.43. The summed E-state index contributed by atoms with van der Waals surface area (Å²) in [6.45, 7) is 2.20. The van der Waals surface area contributed by atoms with Crippen molar-refractivity contribution in [3.63, 3.8) is 0 Å². The average Bonchev–Trinajstić information content (AvgIpc) is 2.77. The van der Waals surface area contributed by atoms with Crippen molar-refractivity contribution >= 4 is 11.6 Å². The molecule has 2 aromatic carbocycles. The van der Waals surface area contributed by atoms with E-state index in [0.29, 0.717) is 6.04 Å². The van der Waals surface area contributed by atoms with Crippen LogP contribution in [0.3, 0.4) is 0 Å². The topological polar surface area (TPSA) is 12.5 Å². The minimum Gasteiger partial charge on any atom is -0.349 e. The number of hydrogen-bond acceptors (Lipinski definition) is 2. The Kier molecular flexibility index (Phi) is 3.79. The van der Waals surface area contributed by atoms with E-state index in [2.05, 4.69) is 43.1 Å². The highest BCUT2D eigenvalue weighted by Gasteiger charge is 2.38. The fourth-order valence-corrected chi connectivity index (χ4v) is 2.84.